The summed E-state index contributed by atoms with van der Waals surface area (Å²) in [7, 11) is 1.49. The Bertz CT molecular complexity index is 1720. The van der Waals surface area contributed by atoms with Gasteiger partial charge in [-0.1, -0.05) is 29.4 Å². The van der Waals surface area contributed by atoms with Crippen molar-refractivity contribution in [3.05, 3.63) is 57.7 Å². The van der Waals surface area contributed by atoms with Crippen molar-refractivity contribution in [1.29, 1.82) is 0 Å². The second kappa shape index (κ2) is 11.4. The van der Waals surface area contributed by atoms with Gasteiger partial charge in [0, 0.05) is 36.5 Å². The van der Waals surface area contributed by atoms with Crippen LogP contribution < -0.4 is 9.47 Å². The molecule has 9 nitrogen and oxygen atoms in total. The minimum atomic E-state index is -1.66. The van der Waals surface area contributed by atoms with Gasteiger partial charge >= 0.3 is 5.97 Å². The van der Waals surface area contributed by atoms with Crippen LogP contribution in [0.3, 0.4) is 0 Å². The fourth-order valence-corrected chi connectivity index (χ4v) is 9.04. The number of carboxylic acid groups (broad SMARTS) is 1. The second-order valence-electron chi connectivity index (χ2n) is 15.5. The number of benzene rings is 1. The lowest BCUT2D eigenvalue weighted by molar-refractivity contribution is -0.224. The van der Waals surface area contributed by atoms with Crippen molar-refractivity contribution in [1.82, 2.24) is 0 Å². The summed E-state index contributed by atoms with van der Waals surface area (Å²) >= 11 is 0. The number of hydrogen-bond donors (Lipinski definition) is 2. The number of methoxy groups -OCH3 is 1. The molecule has 7 rings (SSSR count). The van der Waals surface area contributed by atoms with Gasteiger partial charge in [0.05, 0.1) is 23.2 Å². The molecule has 6 aliphatic rings. The highest BCUT2D eigenvalue weighted by Crippen LogP contribution is 2.70. The van der Waals surface area contributed by atoms with E-state index in [1.807, 2.05) is 52.8 Å². The Morgan fingerprint density at radius 3 is 2.33 bits per heavy atom. The molecule has 4 bridgehead atoms. The van der Waals surface area contributed by atoms with E-state index in [-0.39, 0.29) is 40.6 Å². The van der Waals surface area contributed by atoms with E-state index in [0.717, 1.165) is 12.0 Å². The topological polar surface area (TPSA) is 129 Å². The first-order valence-electron chi connectivity index (χ1n) is 16.9. The molecule has 2 unspecified atom stereocenters. The summed E-state index contributed by atoms with van der Waals surface area (Å²) in [5.41, 5.74) is -1.39. The Labute approximate surface area is 282 Å². The van der Waals surface area contributed by atoms with Crippen molar-refractivity contribution in [2.75, 3.05) is 7.11 Å². The minimum Gasteiger partial charge on any atom is -0.506 e. The van der Waals surface area contributed by atoms with Crippen LogP contribution in [-0.2, 0) is 25.5 Å². The number of carboxylic acids is 1. The van der Waals surface area contributed by atoms with Crippen molar-refractivity contribution in [2.24, 2.45) is 17.8 Å². The number of carbonyl (C=O) groups is 3. The number of rotatable bonds is 9. The fraction of sp³-hybridized carbons (Fsp3) is 0.564. The van der Waals surface area contributed by atoms with E-state index in [0.29, 0.717) is 36.1 Å². The highest BCUT2D eigenvalue weighted by molar-refractivity contribution is 6.10. The Morgan fingerprint density at radius 1 is 1.02 bits per heavy atom. The van der Waals surface area contributed by atoms with Crippen LogP contribution in [0.15, 0.2) is 41.0 Å². The molecule has 1 aromatic carbocycles. The number of phenols is 1. The molecule has 0 radical (unpaired) electrons. The monoisotopic (exact) mass is 660 g/mol. The van der Waals surface area contributed by atoms with Gasteiger partial charge < -0.3 is 29.2 Å². The van der Waals surface area contributed by atoms with Gasteiger partial charge in [0.15, 0.2) is 22.8 Å². The third-order valence-electron chi connectivity index (χ3n) is 11.3. The number of hydrogen-bond acceptors (Lipinski definition) is 8. The standard InChI is InChI=1S/C39H48O9/c1-20(2)11-10-16-37(8)17-15-23-29(40)27-30(41)28-33(45-9)25-19-26-36(6,7)48-38(34(25)42,18-14-22(5)35(43)44)39(26,28)47-32(27)24(31(23)46-37)13-12-21(3)4/h11-12,14-15,17,25-26,28,33,40H,10,13,16,18-19H2,1-9H3,(H,43,44)/b22-14+/t25-,26?,28-,33-,37+,38?,39-/m0/s1. The van der Waals surface area contributed by atoms with E-state index in [4.69, 9.17) is 18.9 Å². The smallest absolute Gasteiger partial charge is 0.330 e. The molecule has 48 heavy (non-hydrogen) atoms. The van der Waals surface area contributed by atoms with Crippen molar-refractivity contribution in [2.45, 2.75) is 116 Å². The normalized spacial score (nSPS) is 33.6. The van der Waals surface area contributed by atoms with Gasteiger partial charge in [-0.15, -0.1) is 0 Å². The van der Waals surface area contributed by atoms with Crippen molar-refractivity contribution in [3.63, 3.8) is 0 Å². The number of Topliss-reactive ketones (excluding diaryl/α,β-unsaturated/α-hetero) is 2. The third-order valence-corrected chi connectivity index (χ3v) is 11.3. The number of fused-ring (bicyclic) bond motifs is 2. The molecular formula is C39H48O9. The van der Waals surface area contributed by atoms with Crippen molar-refractivity contribution < 1.29 is 43.5 Å². The van der Waals surface area contributed by atoms with Crippen LogP contribution in [-0.4, -0.2) is 63.4 Å². The Kier molecular flexibility index (Phi) is 8.15. The lowest BCUT2D eigenvalue weighted by Gasteiger charge is -2.62. The average Bonchev–Trinajstić information content (AvgIpc) is 3.14. The average molecular weight is 661 g/mol. The maximum Gasteiger partial charge on any atom is 0.330 e. The van der Waals surface area contributed by atoms with Crippen LogP contribution in [0, 0.1) is 17.8 Å². The van der Waals surface area contributed by atoms with E-state index in [2.05, 4.69) is 19.9 Å². The summed E-state index contributed by atoms with van der Waals surface area (Å²) in [6.45, 7) is 15.4. The number of phenolic OH excluding ortho intramolecular Hbond substituents is 1. The molecule has 1 spiro atoms. The molecule has 4 fully saturated rings. The molecule has 0 amide bonds. The zero-order valence-electron chi connectivity index (χ0n) is 29.5. The van der Waals surface area contributed by atoms with Gasteiger partial charge in [0.25, 0.3) is 0 Å². The van der Waals surface area contributed by atoms with Gasteiger partial charge in [-0.3, -0.25) is 9.59 Å². The van der Waals surface area contributed by atoms with E-state index in [1.54, 1.807) is 0 Å². The van der Waals surface area contributed by atoms with Crippen molar-refractivity contribution >= 4 is 23.6 Å². The van der Waals surface area contributed by atoms with E-state index < -0.39 is 52.2 Å². The first-order chi connectivity index (χ1) is 22.4. The van der Waals surface area contributed by atoms with Crippen LogP contribution in [0.1, 0.15) is 103 Å². The largest absolute Gasteiger partial charge is 0.506 e. The van der Waals surface area contributed by atoms with Crippen LogP contribution in [0.2, 0.25) is 0 Å². The van der Waals surface area contributed by atoms with E-state index >= 15 is 4.79 Å². The third kappa shape index (κ3) is 4.75. The maximum atomic E-state index is 15.1. The first kappa shape index (κ1) is 34.2. The zero-order valence-corrected chi connectivity index (χ0v) is 29.5. The molecule has 1 aromatic rings. The van der Waals surface area contributed by atoms with Gasteiger partial charge in [0.1, 0.15) is 28.4 Å². The fourth-order valence-electron chi connectivity index (χ4n) is 9.04. The molecule has 3 saturated carbocycles. The summed E-state index contributed by atoms with van der Waals surface area (Å²) in [4.78, 5) is 41.6. The number of ketones is 2. The lowest BCUT2D eigenvalue weighted by Crippen LogP contribution is -2.80. The Morgan fingerprint density at radius 2 is 1.71 bits per heavy atom. The van der Waals surface area contributed by atoms with Gasteiger partial charge in [-0.25, -0.2) is 4.79 Å². The summed E-state index contributed by atoms with van der Waals surface area (Å²) in [6.07, 6.45) is 10.8. The van der Waals surface area contributed by atoms with E-state index in [9.17, 15) is 19.8 Å². The number of carbonyl (C=O) groups excluding carboxylic acids is 2. The van der Waals surface area contributed by atoms with Gasteiger partial charge in [0.2, 0.25) is 0 Å². The molecule has 3 heterocycles. The second-order valence-corrected chi connectivity index (χ2v) is 15.5. The van der Waals surface area contributed by atoms with Crippen LogP contribution in [0.5, 0.6) is 17.2 Å². The highest BCUT2D eigenvalue weighted by Gasteiger charge is 2.85. The molecular weight excluding hydrogens is 612 g/mol. The maximum absolute atomic E-state index is 15.1. The predicted molar refractivity (Wildman–Crippen MR) is 180 cm³/mol. The molecule has 7 atom stereocenters. The molecule has 2 N–H and O–H groups in total. The number of aliphatic carboxylic acids is 1. The molecule has 3 aliphatic heterocycles. The Hall–Kier alpha value is -3.69. The summed E-state index contributed by atoms with van der Waals surface area (Å²) in [6, 6.07) is 0. The molecule has 1 saturated heterocycles. The summed E-state index contributed by atoms with van der Waals surface area (Å²) in [5.74, 6) is -3.41. The highest BCUT2D eigenvalue weighted by atomic mass is 16.6. The number of allylic oxidation sites excluding steroid dienone is 4. The molecule has 9 heteroatoms. The quantitative estimate of drug-likeness (QED) is 0.214. The molecule has 0 aromatic heterocycles. The number of aromatic hydroxyl groups is 1. The summed E-state index contributed by atoms with van der Waals surface area (Å²) in [5, 5.41) is 21.6. The van der Waals surface area contributed by atoms with Crippen LogP contribution in [0.4, 0.5) is 0 Å². The molecule has 3 aliphatic carbocycles. The number of ether oxygens (including phenoxy) is 4. The van der Waals surface area contributed by atoms with Crippen molar-refractivity contribution in [3.8, 4) is 17.2 Å². The minimum absolute atomic E-state index is 0.0505. The summed E-state index contributed by atoms with van der Waals surface area (Å²) < 4.78 is 26.8. The zero-order chi connectivity index (χ0) is 35.1. The van der Waals surface area contributed by atoms with E-state index in [1.165, 1.54) is 25.7 Å². The lowest BCUT2D eigenvalue weighted by atomic mass is 9.45. The van der Waals surface area contributed by atoms with Gasteiger partial charge in [-0.2, -0.15) is 0 Å². The van der Waals surface area contributed by atoms with Gasteiger partial charge in [-0.05, 0) is 93.2 Å². The Balaban J connectivity index is 1.61. The van der Waals surface area contributed by atoms with Crippen LogP contribution in [0.25, 0.3) is 6.08 Å². The first-order valence-corrected chi connectivity index (χ1v) is 16.9. The predicted octanol–water partition coefficient (Wildman–Crippen LogP) is 6.94. The molecule has 258 valence electrons. The SMILES string of the molecule is CO[C@H]1[C@@H]2CC3C(C)(C)OC(C/C=C(\C)C(=O)O)(C2=O)[C@]32Oc3c(CC=C(C)C)c4c(c(O)c3C(=O)[C@@H]12)C=C[C@@](C)(CCC=C(C)C)O4. The van der Waals surface area contributed by atoms with Crippen LogP contribution >= 0.6 is 0 Å².